The van der Waals surface area contributed by atoms with Gasteiger partial charge in [-0.2, -0.15) is 13.2 Å². The molecule has 3 aromatic rings. The van der Waals surface area contributed by atoms with Crippen LogP contribution in [-0.4, -0.2) is 29.8 Å². The summed E-state index contributed by atoms with van der Waals surface area (Å²) in [5.41, 5.74) is 0.900. The molecule has 1 aliphatic rings. The summed E-state index contributed by atoms with van der Waals surface area (Å²) in [6.07, 6.45) is -0.996. The summed E-state index contributed by atoms with van der Waals surface area (Å²) in [6, 6.07) is 14.6. The van der Waals surface area contributed by atoms with Crippen LogP contribution in [-0.2, 0) is 11.3 Å². The first-order valence-corrected chi connectivity index (χ1v) is 15.1. The molecular formula is C30H23Br2Cl3F3NO2. The van der Waals surface area contributed by atoms with E-state index in [2.05, 4.69) is 31.9 Å². The van der Waals surface area contributed by atoms with Gasteiger partial charge in [-0.25, -0.2) is 0 Å². The van der Waals surface area contributed by atoms with E-state index < -0.39 is 17.5 Å². The Hall–Kier alpha value is -1.84. The number of ketones is 1. The Morgan fingerprint density at radius 1 is 1.00 bits per heavy atom. The lowest BCUT2D eigenvalue weighted by atomic mass is 9.93. The molecule has 0 heterocycles. The molecule has 0 N–H and O–H groups in total. The SMILES string of the molecule is CN(Cc1ccc(Br)cc1)C(=O)C1(CC(=O)c2ccc(/C=C/C(c3cc(Cl)c(Cl)c(Cl)c3)C(F)(F)F)cc2Br)CC1. The van der Waals surface area contributed by atoms with E-state index in [1.54, 1.807) is 30.1 Å². The zero-order valence-corrected chi connectivity index (χ0v) is 27.0. The Balaban J connectivity index is 1.47. The van der Waals surface area contributed by atoms with Crippen LogP contribution in [0.25, 0.3) is 6.08 Å². The lowest BCUT2D eigenvalue weighted by molar-refractivity contribution is -0.139. The Bertz CT molecular complexity index is 1480. The molecule has 1 amide bonds. The lowest BCUT2D eigenvalue weighted by Crippen LogP contribution is -2.35. The molecule has 11 heteroatoms. The minimum atomic E-state index is -4.61. The molecule has 0 spiro atoms. The summed E-state index contributed by atoms with van der Waals surface area (Å²) in [5.74, 6) is -2.27. The van der Waals surface area contributed by atoms with E-state index in [9.17, 15) is 22.8 Å². The first-order chi connectivity index (χ1) is 19.2. The minimum Gasteiger partial charge on any atom is -0.341 e. The number of Topliss-reactive ketones (excluding diaryl/α,β-unsaturated/α-hetero) is 1. The molecule has 1 unspecified atom stereocenters. The molecule has 0 saturated heterocycles. The Kier molecular flexibility index (Phi) is 10.0. The van der Waals surface area contributed by atoms with Crippen molar-refractivity contribution in [2.24, 2.45) is 5.41 Å². The monoisotopic (exact) mass is 749 g/mol. The predicted octanol–water partition coefficient (Wildman–Crippen LogP) is 10.5. The maximum Gasteiger partial charge on any atom is 0.399 e. The van der Waals surface area contributed by atoms with Crippen molar-refractivity contribution in [1.82, 2.24) is 4.90 Å². The quantitative estimate of drug-likeness (QED) is 0.161. The van der Waals surface area contributed by atoms with E-state index >= 15 is 0 Å². The first kappa shape index (κ1) is 32.1. The highest BCUT2D eigenvalue weighted by atomic mass is 79.9. The van der Waals surface area contributed by atoms with Crippen LogP contribution in [0.15, 0.2) is 69.6 Å². The lowest BCUT2D eigenvalue weighted by Gasteiger charge is -2.23. The van der Waals surface area contributed by atoms with Gasteiger partial charge in [0, 0.05) is 34.5 Å². The molecule has 4 rings (SSSR count). The van der Waals surface area contributed by atoms with E-state index in [1.165, 1.54) is 6.08 Å². The second kappa shape index (κ2) is 12.8. The average Bonchev–Trinajstić information content (AvgIpc) is 3.67. The molecule has 1 saturated carbocycles. The second-order valence-electron chi connectivity index (χ2n) is 10.1. The van der Waals surface area contributed by atoms with Crippen LogP contribution < -0.4 is 0 Å². The van der Waals surface area contributed by atoms with E-state index in [0.29, 0.717) is 35.0 Å². The molecule has 41 heavy (non-hydrogen) atoms. The van der Waals surface area contributed by atoms with Gasteiger partial charge < -0.3 is 4.90 Å². The maximum absolute atomic E-state index is 13.9. The summed E-state index contributed by atoms with van der Waals surface area (Å²) in [6.45, 7) is 0.431. The van der Waals surface area contributed by atoms with Crippen LogP contribution in [0, 0.1) is 5.41 Å². The zero-order chi connectivity index (χ0) is 30.1. The number of hydrogen-bond acceptors (Lipinski definition) is 2. The number of nitrogens with zero attached hydrogens (tertiary/aromatic N) is 1. The van der Waals surface area contributed by atoms with Crippen molar-refractivity contribution in [3.8, 4) is 0 Å². The number of halogens is 8. The molecule has 1 aliphatic carbocycles. The molecular weight excluding hydrogens is 729 g/mol. The number of carbonyl (C=O) groups excluding carboxylic acids is 2. The van der Waals surface area contributed by atoms with Crippen LogP contribution in [0.2, 0.25) is 15.1 Å². The van der Waals surface area contributed by atoms with E-state index in [-0.39, 0.29) is 38.7 Å². The summed E-state index contributed by atoms with van der Waals surface area (Å²) in [7, 11) is 1.73. The first-order valence-electron chi connectivity index (χ1n) is 12.4. The van der Waals surface area contributed by atoms with Crippen LogP contribution in [0.3, 0.4) is 0 Å². The Morgan fingerprint density at radius 2 is 1.61 bits per heavy atom. The number of hydrogen-bond donors (Lipinski definition) is 0. The third-order valence-corrected chi connectivity index (χ3v) is 9.36. The highest BCUT2D eigenvalue weighted by Crippen LogP contribution is 2.51. The topological polar surface area (TPSA) is 37.4 Å². The molecule has 3 aromatic carbocycles. The van der Waals surface area contributed by atoms with Crippen molar-refractivity contribution in [2.75, 3.05) is 7.05 Å². The molecule has 216 valence electrons. The van der Waals surface area contributed by atoms with Gasteiger partial charge in [0.1, 0.15) is 0 Å². The van der Waals surface area contributed by atoms with Gasteiger partial charge in [0.05, 0.1) is 26.4 Å². The van der Waals surface area contributed by atoms with Crippen molar-refractivity contribution < 1.29 is 22.8 Å². The largest absolute Gasteiger partial charge is 0.399 e. The molecule has 3 nitrogen and oxygen atoms in total. The number of alkyl halides is 3. The van der Waals surface area contributed by atoms with E-state index in [4.69, 9.17) is 34.8 Å². The van der Waals surface area contributed by atoms with Crippen molar-refractivity contribution >= 4 is 84.4 Å². The number of amides is 1. The number of benzene rings is 3. The van der Waals surface area contributed by atoms with Gasteiger partial charge >= 0.3 is 6.18 Å². The fourth-order valence-corrected chi connectivity index (χ4v) is 6.09. The number of rotatable bonds is 9. The van der Waals surface area contributed by atoms with Gasteiger partial charge in [0.25, 0.3) is 0 Å². The van der Waals surface area contributed by atoms with Gasteiger partial charge in [-0.1, -0.05) is 97.0 Å². The molecule has 1 fully saturated rings. The van der Waals surface area contributed by atoms with Crippen molar-refractivity contribution in [1.29, 1.82) is 0 Å². The van der Waals surface area contributed by atoms with Crippen LogP contribution in [0.1, 0.15) is 52.2 Å². The third-order valence-electron chi connectivity index (χ3n) is 6.98. The van der Waals surface area contributed by atoms with Crippen LogP contribution in [0.4, 0.5) is 13.2 Å². The molecule has 1 atom stereocenters. The van der Waals surface area contributed by atoms with Gasteiger partial charge in [-0.05, 0) is 65.9 Å². The Labute approximate surface area is 267 Å². The average molecular weight is 753 g/mol. The molecule has 0 aliphatic heterocycles. The number of allylic oxidation sites excluding steroid dienone is 1. The predicted molar refractivity (Wildman–Crippen MR) is 165 cm³/mol. The molecule has 0 radical (unpaired) electrons. The van der Waals surface area contributed by atoms with Crippen molar-refractivity contribution in [3.63, 3.8) is 0 Å². The number of carbonyl (C=O) groups is 2. The highest BCUT2D eigenvalue weighted by Gasteiger charge is 2.52. The zero-order valence-electron chi connectivity index (χ0n) is 21.5. The van der Waals surface area contributed by atoms with Crippen LogP contribution in [0.5, 0.6) is 0 Å². The summed E-state index contributed by atoms with van der Waals surface area (Å²) >= 11 is 24.6. The normalized spacial score (nSPS) is 15.1. The standard InChI is InChI=1S/C30H23Br2Cl3F3NO2/c1-39(16-18-2-6-20(31)7-3-18)28(41)29(10-11-29)15-26(40)21-8-4-17(12-23(21)32)5-9-22(30(36,37)38)19-13-24(33)27(35)25(34)14-19/h2-9,12-14,22H,10-11,15-16H2,1H3/b9-5+. The van der Waals surface area contributed by atoms with Gasteiger partial charge in [-0.3, -0.25) is 9.59 Å². The van der Waals surface area contributed by atoms with E-state index in [0.717, 1.165) is 28.2 Å². The van der Waals surface area contributed by atoms with Gasteiger partial charge in [-0.15, -0.1) is 0 Å². The summed E-state index contributed by atoms with van der Waals surface area (Å²) in [4.78, 5) is 28.1. The van der Waals surface area contributed by atoms with Crippen molar-refractivity contribution in [3.05, 3.63) is 107 Å². The molecule has 0 aromatic heterocycles. The minimum absolute atomic E-state index is 0.0166. The van der Waals surface area contributed by atoms with Crippen LogP contribution >= 0.6 is 66.7 Å². The fraction of sp³-hybridized carbons (Fsp3) is 0.267. The Morgan fingerprint density at radius 3 is 2.15 bits per heavy atom. The highest BCUT2D eigenvalue weighted by molar-refractivity contribution is 9.10. The third kappa shape index (κ3) is 7.77. The fourth-order valence-electron chi connectivity index (χ4n) is 4.59. The molecule has 0 bridgehead atoms. The van der Waals surface area contributed by atoms with Gasteiger partial charge in [0.2, 0.25) is 5.91 Å². The second-order valence-corrected chi connectivity index (χ2v) is 13.0. The van der Waals surface area contributed by atoms with Gasteiger partial charge in [0.15, 0.2) is 5.78 Å². The van der Waals surface area contributed by atoms with Crippen molar-refractivity contribution in [2.45, 2.75) is 37.9 Å². The maximum atomic E-state index is 13.9. The van der Waals surface area contributed by atoms with E-state index in [1.807, 2.05) is 24.3 Å². The summed E-state index contributed by atoms with van der Waals surface area (Å²) in [5, 5.41) is -0.167. The summed E-state index contributed by atoms with van der Waals surface area (Å²) < 4.78 is 43.0. The smallest absolute Gasteiger partial charge is 0.341 e.